The van der Waals surface area contributed by atoms with Crippen LogP contribution in [0.4, 0.5) is 5.69 Å². The highest BCUT2D eigenvalue weighted by Gasteiger charge is 2.36. The van der Waals surface area contributed by atoms with Crippen LogP contribution in [0.25, 0.3) is 0 Å². The first-order valence-corrected chi connectivity index (χ1v) is 10.6. The maximum Gasteiger partial charge on any atom is 0.330 e. The van der Waals surface area contributed by atoms with Crippen LogP contribution in [0.5, 0.6) is 0 Å². The summed E-state index contributed by atoms with van der Waals surface area (Å²) in [4.78, 5) is 38.1. The Bertz CT molecular complexity index is 1130. The average Bonchev–Trinajstić information content (AvgIpc) is 3.09. The van der Waals surface area contributed by atoms with Crippen molar-refractivity contribution in [1.82, 2.24) is 9.55 Å². The molecule has 0 saturated carbocycles. The maximum absolute atomic E-state index is 12.4. The Labute approximate surface area is 189 Å². The lowest BCUT2D eigenvalue weighted by molar-refractivity contribution is -0.386. The van der Waals surface area contributed by atoms with E-state index in [0.717, 1.165) is 10.1 Å². The smallest absolute Gasteiger partial charge is 0.330 e. The van der Waals surface area contributed by atoms with Crippen LogP contribution in [-0.2, 0) is 16.1 Å². The number of nitrogens with zero attached hydrogens (tertiary/aromatic N) is 2. The summed E-state index contributed by atoms with van der Waals surface area (Å²) in [5.41, 5.74) is -0.756. The zero-order chi connectivity index (χ0) is 24.5. The first kappa shape index (κ1) is 24.8. The van der Waals surface area contributed by atoms with Gasteiger partial charge in [-0.15, -0.1) is 0 Å². The van der Waals surface area contributed by atoms with Gasteiger partial charge in [-0.3, -0.25) is 24.5 Å². The molecule has 11 heteroatoms. The molecule has 2 aromatic rings. The third-order valence-corrected chi connectivity index (χ3v) is 5.59. The van der Waals surface area contributed by atoms with E-state index in [1.54, 1.807) is 19.1 Å². The molecule has 1 fully saturated rings. The molecule has 0 aliphatic carbocycles. The van der Waals surface area contributed by atoms with Crippen LogP contribution in [0.15, 0.2) is 34.0 Å². The van der Waals surface area contributed by atoms with Crippen LogP contribution in [0.1, 0.15) is 56.2 Å². The second-order valence-corrected chi connectivity index (χ2v) is 9.31. The van der Waals surface area contributed by atoms with E-state index < -0.39 is 52.7 Å². The van der Waals surface area contributed by atoms with Gasteiger partial charge in [-0.05, 0) is 24.0 Å². The SMILES string of the molecule is Cc1ccc(C(OCc2cn([C@H]3CC(O)[C@@H](CO)O3)c(=O)[nH]c2=O)C(C)(C)C)c([N+](=O)[O-])c1. The van der Waals surface area contributed by atoms with Gasteiger partial charge in [0.25, 0.3) is 11.2 Å². The molecule has 0 radical (unpaired) electrons. The van der Waals surface area contributed by atoms with E-state index in [0.29, 0.717) is 5.56 Å². The number of aliphatic hydroxyl groups is 2. The molecule has 1 aromatic heterocycles. The van der Waals surface area contributed by atoms with E-state index in [1.165, 1.54) is 12.3 Å². The number of ether oxygens (including phenoxy) is 2. The third-order valence-electron chi connectivity index (χ3n) is 5.59. The van der Waals surface area contributed by atoms with E-state index in [2.05, 4.69) is 4.98 Å². The fourth-order valence-electron chi connectivity index (χ4n) is 3.91. The molecule has 0 amide bonds. The number of nitro benzene ring substituents is 1. The van der Waals surface area contributed by atoms with Crippen molar-refractivity contribution in [3.05, 3.63) is 72.0 Å². The molecule has 4 atom stereocenters. The van der Waals surface area contributed by atoms with E-state index in [1.807, 2.05) is 20.8 Å². The summed E-state index contributed by atoms with van der Waals surface area (Å²) in [5, 5.41) is 30.9. The number of nitro groups is 1. The number of benzene rings is 1. The van der Waals surface area contributed by atoms with E-state index >= 15 is 0 Å². The van der Waals surface area contributed by atoms with Crippen molar-refractivity contribution in [1.29, 1.82) is 0 Å². The molecule has 1 saturated heterocycles. The van der Waals surface area contributed by atoms with Crippen molar-refractivity contribution in [2.45, 2.75) is 65.3 Å². The Morgan fingerprint density at radius 2 is 2.06 bits per heavy atom. The van der Waals surface area contributed by atoms with Crippen molar-refractivity contribution in [3.8, 4) is 0 Å². The number of nitrogens with one attached hydrogen (secondary N) is 1. The predicted octanol–water partition coefficient (Wildman–Crippen LogP) is 1.70. The molecular weight excluding hydrogens is 434 g/mol. The van der Waals surface area contributed by atoms with Crippen molar-refractivity contribution >= 4 is 5.69 Å². The van der Waals surface area contributed by atoms with Crippen LogP contribution in [0.3, 0.4) is 0 Å². The molecule has 3 N–H and O–H groups in total. The van der Waals surface area contributed by atoms with Crippen molar-refractivity contribution in [3.63, 3.8) is 0 Å². The third kappa shape index (κ3) is 5.38. The number of aryl methyl sites for hydroxylation is 1. The summed E-state index contributed by atoms with van der Waals surface area (Å²) < 4.78 is 12.7. The minimum Gasteiger partial charge on any atom is -0.394 e. The van der Waals surface area contributed by atoms with Crippen molar-refractivity contribution in [2.75, 3.05) is 6.61 Å². The van der Waals surface area contributed by atoms with Gasteiger partial charge in [-0.25, -0.2) is 4.79 Å². The monoisotopic (exact) mass is 463 g/mol. The molecule has 11 nitrogen and oxygen atoms in total. The Kier molecular flexibility index (Phi) is 7.17. The average molecular weight is 463 g/mol. The van der Waals surface area contributed by atoms with Gasteiger partial charge in [0.15, 0.2) is 0 Å². The van der Waals surface area contributed by atoms with Crippen molar-refractivity contribution in [2.24, 2.45) is 5.41 Å². The van der Waals surface area contributed by atoms with Gasteiger partial charge in [-0.1, -0.05) is 26.8 Å². The molecule has 1 aromatic carbocycles. The number of aromatic amines is 1. The minimum absolute atomic E-state index is 0.0671. The Balaban J connectivity index is 1.92. The lowest BCUT2D eigenvalue weighted by Gasteiger charge is -2.31. The van der Waals surface area contributed by atoms with Crippen molar-refractivity contribution < 1.29 is 24.6 Å². The predicted molar refractivity (Wildman–Crippen MR) is 118 cm³/mol. The zero-order valence-corrected chi connectivity index (χ0v) is 19.0. The summed E-state index contributed by atoms with van der Waals surface area (Å²) in [6.45, 7) is 6.74. The van der Waals surface area contributed by atoms with Gasteiger partial charge in [-0.2, -0.15) is 0 Å². The molecule has 0 bridgehead atoms. The highest BCUT2D eigenvalue weighted by Crippen LogP contribution is 2.41. The van der Waals surface area contributed by atoms with Gasteiger partial charge in [0.1, 0.15) is 12.3 Å². The number of H-pyrrole nitrogens is 1. The Morgan fingerprint density at radius 1 is 1.36 bits per heavy atom. The van der Waals surface area contributed by atoms with Gasteiger partial charge in [0.2, 0.25) is 0 Å². The molecule has 1 aliphatic rings. The quantitative estimate of drug-likeness (QED) is 0.414. The topological polar surface area (TPSA) is 157 Å². The lowest BCUT2D eigenvalue weighted by atomic mass is 9.83. The Hall–Kier alpha value is -2.86. The number of aromatic nitrogens is 2. The summed E-state index contributed by atoms with van der Waals surface area (Å²) in [6.07, 6.45) is -2.01. The van der Waals surface area contributed by atoms with E-state index in [4.69, 9.17) is 9.47 Å². The number of hydrogen-bond donors (Lipinski definition) is 3. The second kappa shape index (κ2) is 9.56. The lowest BCUT2D eigenvalue weighted by Crippen LogP contribution is -2.35. The number of rotatable bonds is 7. The van der Waals surface area contributed by atoms with Gasteiger partial charge >= 0.3 is 5.69 Å². The molecule has 33 heavy (non-hydrogen) atoms. The summed E-state index contributed by atoms with van der Waals surface area (Å²) in [7, 11) is 0. The van der Waals surface area contributed by atoms with Crippen LogP contribution in [0, 0.1) is 22.5 Å². The minimum atomic E-state index is -0.953. The molecule has 1 aliphatic heterocycles. The molecular formula is C22H29N3O8. The first-order valence-electron chi connectivity index (χ1n) is 10.6. The highest BCUT2D eigenvalue weighted by atomic mass is 16.6. The van der Waals surface area contributed by atoms with Crippen LogP contribution < -0.4 is 11.2 Å². The molecule has 3 rings (SSSR count). The first-order chi connectivity index (χ1) is 15.4. The maximum atomic E-state index is 12.4. The molecule has 2 heterocycles. The number of aliphatic hydroxyl groups excluding tert-OH is 2. The fourth-order valence-corrected chi connectivity index (χ4v) is 3.91. The van der Waals surface area contributed by atoms with Gasteiger partial charge < -0.3 is 19.7 Å². The van der Waals surface area contributed by atoms with Crippen LogP contribution >= 0.6 is 0 Å². The highest BCUT2D eigenvalue weighted by molar-refractivity contribution is 5.45. The molecule has 180 valence electrons. The molecule has 0 spiro atoms. The summed E-state index contributed by atoms with van der Waals surface area (Å²) in [5.74, 6) is 0. The van der Waals surface area contributed by atoms with Gasteiger partial charge in [0.05, 0.1) is 41.5 Å². The summed E-state index contributed by atoms with van der Waals surface area (Å²) >= 11 is 0. The zero-order valence-electron chi connectivity index (χ0n) is 19.0. The largest absolute Gasteiger partial charge is 0.394 e. The van der Waals surface area contributed by atoms with E-state index in [9.17, 15) is 29.9 Å². The summed E-state index contributed by atoms with van der Waals surface area (Å²) in [6, 6.07) is 4.89. The standard InChI is InChI=1S/C22H29N3O8/c1-12-5-6-14(15(7-12)25(30)31)19(22(2,3)4)32-11-13-9-24(21(29)23-20(13)28)18-8-16(27)17(10-26)33-18/h5-7,9,16-19,26-27H,8,10-11H2,1-4H3,(H,23,28,29)/t16?,17-,18-,19?/m1/s1. The van der Waals surface area contributed by atoms with Crippen LogP contribution in [-0.4, -0.2) is 43.5 Å². The van der Waals surface area contributed by atoms with E-state index in [-0.39, 0.29) is 24.3 Å². The molecule has 2 unspecified atom stereocenters. The van der Waals surface area contributed by atoms with Gasteiger partial charge in [0, 0.05) is 18.7 Å². The normalized spacial score (nSPS) is 21.8. The second-order valence-electron chi connectivity index (χ2n) is 9.31. The fraction of sp³-hybridized carbons (Fsp3) is 0.545. The number of hydrogen-bond acceptors (Lipinski definition) is 8. The van der Waals surface area contributed by atoms with Crippen LogP contribution in [0.2, 0.25) is 0 Å². The Morgan fingerprint density at radius 3 is 2.64 bits per heavy atom.